The summed E-state index contributed by atoms with van der Waals surface area (Å²) in [6, 6.07) is 0. The van der Waals surface area contributed by atoms with Crippen molar-refractivity contribution < 1.29 is 19.1 Å². The summed E-state index contributed by atoms with van der Waals surface area (Å²) in [5, 5.41) is 2.61. The van der Waals surface area contributed by atoms with Gasteiger partial charge in [-0.1, -0.05) is 18.0 Å². The fourth-order valence-electron chi connectivity index (χ4n) is 2.24. The molecule has 0 heterocycles. The summed E-state index contributed by atoms with van der Waals surface area (Å²) in [5.41, 5.74) is -1.26. The van der Waals surface area contributed by atoms with Gasteiger partial charge in [-0.3, -0.25) is 4.79 Å². The third-order valence-electron chi connectivity index (χ3n) is 2.95. The molecule has 1 unspecified atom stereocenters. The first-order valence-corrected chi connectivity index (χ1v) is 6.65. The van der Waals surface area contributed by atoms with E-state index in [1.54, 1.807) is 6.92 Å². The number of carbonyl (C=O) groups excluding carboxylic acids is 2. The second kappa shape index (κ2) is 6.83. The molecule has 5 nitrogen and oxygen atoms in total. The van der Waals surface area contributed by atoms with Gasteiger partial charge in [0, 0.05) is 6.92 Å². The smallest absolute Gasteiger partial charge is 0.408 e. The lowest BCUT2D eigenvalue weighted by Crippen LogP contribution is -2.47. The van der Waals surface area contributed by atoms with E-state index in [1.807, 2.05) is 0 Å². The van der Waals surface area contributed by atoms with E-state index in [1.165, 1.54) is 6.92 Å². The SMILES string of the molecule is CC(=O)OC1(CNC(=O)OC(C)Cl)CCCCC1. The molecule has 1 fully saturated rings. The molecular formula is C12H20ClNO4. The van der Waals surface area contributed by atoms with Gasteiger partial charge < -0.3 is 14.8 Å². The van der Waals surface area contributed by atoms with Crippen molar-refractivity contribution in [3.8, 4) is 0 Å². The van der Waals surface area contributed by atoms with Crippen LogP contribution >= 0.6 is 11.6 Å². The average molecular weight is 278 g/mol. The van der Waals surface area contributed by atoms with Crippen LogP contribution in [0.5, 0.6) is 0 Å². The number of amides is 1. The van der Waals surface area contributed by atoms with Crippen molar-refractivity contribution in [2.24, 2.45) is 0 Å². The standard InChI is InChI=1S/C12H20ClNO4/c1-9(13)17-11(16)14-8-12(18-10(2)15)6-4-3-5-7-12/h9H,3-8H2,1-2H3,(H,14,16). The molecule has 1 rings (SSSR count). The number of hydrogen-bond acceptors (Lipinski definition) is 4. The van der Waals surface area contributed by atoms with Gasteiger partial charge in [0.05, 0.1) is 6.54 Å². The van der Waals surface area contributed by atoms with Crippen LogP contribution in [0.1, 0.15) is 46.0 Å². The zero-order valence-corrected chi connectivity index (χ0v) is 11.6. The quantitative estimate of drug-likeness (QED) is 0.634. The van der Waals surface area contributed by atoms with Crippen molar-refractivity contribution in [3.63, 3.8) is 0 Å². The number of rotatable bonds is 4. The average Bonchev–Trinajstić information content (AvgIpc) is 2.26. The van der Waals surface area contributed by atoms with Crippen LogP contribution in [-0.2, 0) is 14.3 Å². The summed E-state index contributed by atoms with van der Waals surface area (Å²) in [5.74, 6) is -0.322. The van der Waals surface area contributed by atoms with Gasteiger partial charge >= 0.3 is 12.1 Å². The Kier molecular flexibility index (Phi) is 5.72. The van der Waals surface area contributed by atoms with Gasteiger partial charge in [0.1, 0.15) is 5.60 Å². The minimum Gasteiger partial charge on any atom is -0.457 e. The highest BCUT2D eigenvalue weighted by Crippen LogP contribution is 2.31. The number of hydrogen-bond donors (Lipinski definition) is 1. The van der Waals surface area contributed by atoms with E-state index >= 15 is 0 Å². The Labute approximate surface area is 112 Å². The Hall–Kier alpha value is -0.970. The van der Waals surface area contributed by atoms with E-state index in [4.69, 9.17) is 21.1 Å². The molecule has 104 valence electrons. The van der Waals surface area contributed by atoms with Crippen LogP contribution in [-0.4, -0.2) is 29.8 Å². The van der Waals surface area contributed by atoms with Crippen LogP contribution in [0.2, 0.25) is 0 Å². The van der Waals surface area contributed by atoms with Crippen molar-refractivity contribution in [1.82, 2.24) is 5.32 Å². The third kappa shape index (κ3) is 5.12. The van der Waals surface area contributed by atoms with Crippen LogP contribution in [0.4, 0.5) is 4.79 Å². The summed E-state index contributed by atoms with van der Waals surface area (Å²) in [4.78, 5) is 22.5. The van der Waals surface area contributed by atoms with Crippen molar-refractivity contribution in [3.05, 3.63) is 0 Å². The topological polar surface area (TPSA) is 64.6 Å². The highest BCUT2D eigenvalue weighted by atomic mass is 35.5. The number of ether oxygens (including phenoxy) is 2. The van der Waals surface area contributed by atoms with Gasteiger partial charge in [0.25, 0.3) is 0 Å². The lowest BCUT2D eigenvalue weighted by molar-refractivity contribution is -0.160. The van der Waals surface area contributed by atoms with Crippen LogP contribution < -0.4 is 5.32 Å². The Morgan fingerprint density at radius 1 is 1.33 bits per heavy atom. The van der Waals surface area contributed by atoms with Crippen LogP contribution in [0.3, 0.4) is 0 Å². The van der Waals surface area contributed by atoms with Gasteiger partial charge in [-0.2, -0.15) is 0 Å². The zero-order chi connectivity index (χ0) is 13.6. The van der Waals surface area contributed by atoms with E-state index in [0.717, 1.165) is 32.1 Å². The van der Waals surface area contributed by atoms with Crippen molar-refractivity contribution >= 4 is 23.7 Å². The van der Waals surface area contributed by atoms with Crippen LogP contribution in [0, 0.1) is 0 Å². The molecule has 1 aliphatic carbocycles. The molecule has 18 heavy (non-hydrogen) atoms. The van der Waals surface area contributed by atoms with E-state index in [0.29, 0.717) is 0 Å². The number of carbonyl (C=O) groups is 2. The fourth-order valence-corrected chi connectivity index (χ4v) is 2.32. The monoisotopic (exact) mass is 277 g/mol. The zero-order valence-electron chi connectivity index (χ0n) is 10.8. The van der Waals surface area contributed by atoms with Crippen molar-refractivity contribution in [2.45, 2.75) is 57.1 Å². The molecule has 1 atom stereocenters. The maximum atomic E-state index is 11.4. The summed E-state index contributed by atoms with van der Waals surface area (Å²) in [6.45, 7) is 3.22. The van der Waals surface area contributed by atoms with Gasteiger partial charge in [-0.15, -0.1) is 0 Å². The molecule has 0 aromatic heterocycles. The maximum absolute atomic E-state index is 11.4. The highest BCUT2D eigenvalue weighted by molar-refractivity contribution is 6.19. The lowest BCUT2D eigenvalue weighted by Gasteiger charge is -2.36. The molecule has 1 aliphatic rings. The van der Waals surface area contributed by atoms with E-state index in [2.05, 4.69) is 5.32 Å². The number of halogens is 1. The number of esters is 1. The first kappa shape index (κ1) is 15.1. The molecule has 0 spiro atoms. The number of alkyl halides is 1. The lowest BCUT2D eigenvalue weighted by atomic mass is 9.84. The Balaban J connectivity index is 2.50. The molecule has 0 aromatic carbocycles. The highest BCUT2D eigenvalue weighted by Gasteiger charge is 2.35. The van der Waals surface area contributed by atoms with E-state index in [-0.39, 0.29) is 12.5 Å². The predicted molar refractivity (Wildman–Crippen MR) is 67.4 cm³/mol. The summed E-state index contributed by atoms with van der Waals surface area (Å²) >= 11 is 5.54. The van der Waals surface area contributed by atoms with Crippen molar-refractivity contribution in [1.29, 1.82) is 0 Å². The van der Waals surface area contributed by atoms with Crippen LogP contribution in [0.15, 0.2) is 0 Å². The maximum Gasteiger partial charge on any atom is 0.408 e. The minimum atomic E-state index is -0.680. The van der Waals surface area contributed by atoms with Crippen molar-refractivity contribution in [2.75, 3.05) is 6.54 Å². The molecule has 0 bridgehead atoms. The molecule has 0 aromatic rings. The first-order chi connectivity index (χ1) is 8.43. The number of alkyl carbamates (subject to hydrolysis) is 1. The summed E-state index contributed by atoms with van der Waals surface area (Å²) in [6.07, 6.45) is 4.07. The van der Waals surface area contributed by atoms with Gasteiger partial charge in [0.15, 0.2) is 5.56 Å². The second-order valence-electron chi connectivity index (χ2n) is 4.64. The fraction of sp³-hybridized carbons (Fsp3) is 0.833. The van der Waals surface area contributed by atoms with Gasteiger partial charge in [-0.05, 0) is 32.6 Å². The van der Waals surface area contributed by atoms with E-state index in [9.17, 15) is 9.59 Å². The number of nitrogens with one attached hydrogen (secondary N) is 1. The Morgan fingerprint density at radius 2 is 1.94 bits per heavy atom. The molecule has 0 aliphatic heterocycles. The molecule has 1 N–H and O–H groups in total. The van der Waals surface area contributed by atoms with E-state index < -0.39 is 17.3 Å². The summed E-state index contributed by atoms with van der Waals surface area (Å²) < 4.78 is 10.2. The largest absolute Gasteiger partial charge is 0.457 e. The normalized spacial score (nSPS) is 19.7. The third-order valence-corrected chi connectivity index (χ3v) is 3.04. The predicted octanol–water partition coefficient (Wildman–Crippen LogP) is 2.56. The Morgan fingerprint density at radius 3 is 2.44 bits per heavy atom. The molecular weight excluding hydrogens is 258 g/mol. The summed E-state index contributed by atoms with van der Waals surface area (Å²) in [7, 11) is 0. The molecule has 1 saturated carbocycles. The minimum absolute atomic E-state index is 0.273. The molecule has 0 radical (unpaired) electrons. The molecule has 1 amide bonds. The first-order valence-electron chi connectivity index (χ1n) is 6.22. The molecule has 0 saturated heterocycles. The Bertz CT molecular complexity index is 300. The molecule has 6 heteroatoms. The van der Waals surface area contributed by atoms with Gasteiger partial charge in [0.2, 0.25) is 0 Å². The van der Waals surface area contributed by atoms with Gasteiger partial charge in [-0.25, -0.2) is 4.79 Å². The second-order valence-corrected chi connectivity index (χ2v) is 5.25. The van der Waals surface area contributed by atoms with Crippen LogP contribution in [0.25, 0.3) is 0 Å².